The summed E-state index contributed by atoms with van der Waals surface area (Å²) in [4.78, 5) is 24.6. The number of para-hydroxylation sites is 1. The maximum absolute atomic E-state index is 12.7. The third-order valence-electron chi connectivity index (χ3n) is 3.64. The van der Waals surface area contributed by atoms with Gasteiger partial charge in [0.1, 0.15) is 23.2 Å². The van der Waals surface area contributed by atoms with Crippen molar-refractivity contribution in [1.29, 1.82) is 0 Å². The van der Waals surface area contributed by atoms with Crippen LogP contribution in [0, 0.1) is 0 Å². The Kier molecular flexibility index (Phi) is 5.36. The highest BCUT2D eigenvalue weighted by Crippen LogP contribution is 2.33. The van der Waals surface area contributed by atoms with Crippen molar-refractivity contribution >= 4 is 32.6 Å². The van der Waals surface area contributed by atoms with E-state index >= 15 is 0 Å². The second-order valence-corrected chi connectivity index (χ2v) is 7.58. The van der Waals surface area contributed by atoms with E-state index in [9.17, 15) is 18.0 Å². The highest BCUT2D eigenvalue weighted by Gasteiger charge is 2.19. The van der Waals surface area contributed by atoms with E-state index in [1.165, 1.54) is 12.1 Å². The third kappa shape index (κ3) is 4.32. The number of sulfonamides is 1. The van der Waals surface area contributed by atoms with Gasteiger partial charge in [0, 0.05) is 6.07 Å². The Morgan fingerprint density at radius 1 is 1.18 bits per heavy atom. The van der Waals surface area contributed by atoms with E-state index in [0.717, 1.165) is 12.5 Å². The van der Waals surface area contributed by atoms with Gasteiger partial charge >= 0.3 is 5.97 Å². The number of carbonyl (C=O) groups is 1. The first-order valence-corrected chi connectivity index (χ1v) is 10.1. The maximum Gasteiger partial charge on any atom is 0.345 e. The van der Waals surface area contributed by atoms with Gasteiger partial charge in [0.25, 0.3) is 0 Å². The summed E-state index contributed by atoms with van der Waals surface area (Å²) in [5.41, 5.74) is -0.692. The molecule has 1 heterocycles. The number of hydrogen-bond donors (Lipinski definition) is 1. The summed E-state index contributed by atoms with van der Waals surface area (Å²) in [5, 5.41) is 0.0514. The summed E-state index contributed by atoms with van der Waals surface area (Å²) in [6, 6.07) is 11.3. The lowest BCUT2D eigenvalue weighted by molar-refractivity contribution is 0.0522. The van der Waals surface area contributed by atoms with Crippen LogP contribution in [0.1, 0.15) is 17.3 Å². The predicted molar refractivity (Wildman–Crippen MR) is 103 cm³/mol. The molecule has 3 aromatic rings. The predicted octanol–water partition coefficient (Wildman–Crippen LogP) is 3.13. The van der Waals surface area contributed by atoms with Crippen molar-refractivity contribution in [2.45, 2.75) is 6.92 Å². The molecule has 0 unspecified atom stereocenters. The highest BCUT2D eigenvalue weighted by atomic mass is 32.2. The van der Waals surface area contributed by atoms with E-state index in [-0.39, 0.29) is 34.6 Å². The molecule has 2 aromatic carbocycles. The summed E-state index contributed by atoms with van der Waals surface area (Å²) < 4.78 is 41.7. The zero-order valence-corrected chi connectivity index (χ0v) is 15.9. The molecule has 0 bridgehead atoms. The van der Waals surface area contributed by atoms with Crippen molar-refractivity contribution in [1.82, 2.24) is 0 Å². The quantitative estimate of drug-likeness (QED) is 0.629. The molecule has 0 saturated heterocycles. The number of anilines is 1. The number of hydrogen-bond acceptors (Lipinski definition) is 7. The number of rotatable bonds is 6. The van der Waals surface area contributed by atoms with Crippen LogP contribution < -0.4 is 14.9 Å². The Labute approximate surface area is 160 Å². The number of ether oxygens (including phenoxy) is 2. The molecule has 0 spiro atoms. The molecule has 0 atom stereocenters. The Morgan fingerprint density at radius 3 is 2.54 bits per heavy atom. The van der Waals surface area contributed by atoms with Gasteiger partial charge in [-0.2, -0.15) is 0 Å². The average molecular weight is 403 g/mol. The van der Waals surface area contributed by atoms with Crippen LogP contribution in [0.5, 0.6) is 11.5 Å². The molecule has 3 rings (SSSR count). The molecular weight excluding hydrogens is 386 g/mol. The van der Waals surface area contributed by atoms with Crippen LogP contribution in [-0.2, 0) is 14.8 Å². The minimum absolute atomic E-state index is 0.0514. The molecular formula is C19H17NO7S. The molecule has 0 fully saturated rings. The Hall–Kier alpha value is -3.33. The van der Waals surface area contributed by atoms with Crippen molar-refractivity contribution in [2.24, 2.45) is 0 Å². The Morgan fingerprint density at radius 2 is 1.89 bits per heavy atom. The molecule has 1 N–H and O–H groups in total. The first kappa shape index (κ1) is 19.4. The fourth-order valence-electron chi connectivity index (χ4n) is 2.49. The van der Waals surface area contributed by atoms with E-state index in [1.807, 2.05) is 0 Å². The molecule has 0 aliphatic heterocycles. The fraction of sp³-hybridized carbons (Fsp3) is 0.158. The van der Waals surface area contributed by atoms with Gasteiger partial charge in [-0.3, -0.25) is 9.52 Å². The van der Waals surface area contributed by atoms with Crippen LogP contribution in [0.3, 0.4) is 0 Å². The zero-order valence-electron chi connectivity index (χ0n) is 15.1. The van der Waals surface area contributed by atoms with E-state index in [0.29, 0.717) is 5.75 Å². The number of nitrogens with one attached hydrogen (secondary N) is 1. The molecule has 9 heteroatoms. The first-order chi connectivity index (χ1) is 13.3. The van der Waals surface area contributed by atoms with Crippen molar-refractivity contribution < 1.29 is 27.1 Å². The van der Waals surface area contributed by atoms with Gasteiger partial charge in [0.2, 0.25) is 15.5 Å². The second kappa shape index (κ2) is 7.73. The number of esters is 1. The van der Waals surface area contributed by atoms with Crippen molar-refractivity contribution in [2.75, 3.05) is 17.6 Å². The first-order valence-electron chi connectivity index (χ1n) is 8.26. The standard InChI is InChI=1S/C19H17NO7S/c1-3-25-19(22)14-11-26-16-10-15(20-28(2,23)24)17(9-13(16)18(14)21)27-12-7-5-4-6-8-12/h4-11,20H,3H2,1-2H3. The third-order valence-corrected chi connectivity index (χ3v) is 4.23. The van der Waals surface area contributed by atoms with Crippen LogP contribution in [0.15, 0.2) is 57.9 Å². The normalized spacial score (nSPS) is 11.2. The van der Waals surface area contributed by atoms with Crippen LogP contribution >= 0.6 is 0 Å². The van der Waals surface area contributed by atoms with Crippen LogP contribution in [0.25, 0.3) is 11.0 Å². The Bertz CT molecular complexity index is 1180. The molecule has 8 nitrogen and oxygen atoms in total. The molecule has 0 aliphatic rings. The molecule has 0 aliphatic carbocycles. The molecule has 0 saturated carbocycles. The summed E-state index contributed by atoms with van der Waals surface area (Å²) in [7, 11) is -3.62. The zero-order chi connectivity index (χ0) is 20.3. The van der Waals surface area contributed by atoms with E-state index in [1.54, 1.807) is 37.3 Å². The van der Waals surface area contributed by atoms with Gasteiger partial charge in [-0.15, -0.1) is 0 Å². The average Bonchev–Trinajstić information content (AvgIpc) is 2.63. The monoisotopic (exact) mass is 403 g/mol. The molecule has 0 radical (unpaired) electrons. The van der Waals surface area contributed by atoms with E-state index in [2.05, 4.69) is 4.72 Å². The minimum Gasteiger partial charge on any atom is -0.463 e. The summed E-state index contributed by atoms with van der Waals surface area (Å²) >= 11 is 0. The SMILES string of the molecule is CCOC(=O)c1coc2cc(NS(C)(=O)=O)c(Oc3ccccc3)cc2c1=O. The largest absolute Gasteiger partial charge is 0.463 e. The minimum atomic E-state index is -3.62. The van der Waals surface area contributed by atoms with E-state index in [4.69, 9.17) is 13.9 Å². The van der Waals surface area contributed by atoms with Crippen LogP contribution in [0.2, 0.25) is 0 Å². The summed E-state index contributed by atoms with van der Waals surface area (Å²) in [5.74, 6) is -0.288. The van der Waals surface area contributed by atoms with Crippen molar-refractivity contribution in [3.05, 3.63) is 64.5 Å². The van der Waals surface area contributed by atoms with Gasteiger partial charge in [-0.25, -0.2) is 13.2 Å². The maximum atomic E-state index is 12.7. The number of benzene rings is 2. The van der Waals surface area contributed by atoms with Crippen LogP contribution in [-0.4, -0.2) is 27.2 Å². The second-order valence-electron chi connectivity index (χ2n) is 5.83. The van der Waals surface area contributed by atoms with Crippen molar-refractivity contribution in [3.63, 3.8) is 0 Å². The summed E-state index contributed by atoms with van der Waals surface area (Å²) in [6.45, 7) is 1.73. The van der Waals surface area contributed by atoms with Crippen LogP contribution in [0.4, 0.5) is 5.69 Å². The smallest absolute Gasteiger partial charge is 0.345 e. The van der Waals surface area contributed by atoms with Gasteiger partial charge in [-0.1, -0.05) is 18.2 Å². The van der Waals surface area contributed by atoms with Gasteiger partial charge in [0.15, 0.2) is 5.75 Å². The molecule has 146 valence electrons. The van der Waals surface area contributed by atoms with Gasteiger partial charge in [0.05, 0.1) is 23.9 Å². The van der Waals surface area contributed by atoms with E-state index < -0.39 is 21.4 Å². The molecule has 0 amide bonds. The Balaban J connectivity index is 2.18. The lowest BCUT2D eigenvalue weighted by atomic mass is 10.1. The van der Waals surface area contributed by atoms with Gasteiger partial charge in [-0.05, 0) is 25.1 Å². The molecule has 1 aromatic heterocycles. The molecule has 28 heavy (non-hydrogen) atoms. The van der Waals surface area contributed by atoms with Gasteiger partial charge < -0.3 is 13.9 Å². The lowest BCUT2D eigenvalue weighted by Gasteiger charge is -2.13. The van der Waals surface area contributed by atoms with Crippen molar-refractivity contribution in [3.8, 4) is 11.5 Å². The lowest BCUT2D eigenvalue weighted by Crippen LogP contribution is -2.17. The topological polar surface area (TPSA) is 112 Å². The number of carbonyl (C=O) groups excluding carboxylic acids is 1. The number of fused-ring (bicyclic) bond motifs is 1. The fourth-order valence-corrected chi connectivity index (χ4v) is 3.04. The highest BCUT2D eigenvalue weighted by molar-refractivity contribution is 7.92. The summed E-state index contributed by atoms with van der Waals surface area (Å²) in [6.07, 6.45) is 1.98.